The molecule has 5 heteroatoms. The van der Waals surface area contributed by atoms with Gasteiger partial charge in [-0.3, -0.25) is 14.5 Å². The summed E-state index contributed by atoms with van der Waals surface area (Å²) in [6.07, 6.45) is 3.94. The standard InChI is InChI=1S/C24H31N3O2/c1-18-6-11-22(14-19(18)2)24(29)26-16-23(28)25-15-20-7-9-21(10-8-20)17-27-12-4-3-5-13-27/h6-11,14H,3-5,12-13,15-17H2,1-2H3,(H,25,28)(H,26,29). The average molecular weight is 394 g/mol. The zero-order chi connectivity index (χ0) is 20.6. The van der Waals surface area contributed by atoms with Crippen LogP contribution in [-0.2, 0) is 17.9 Å². The number of nitrogens with zero attached hydrogens (tertiary/aromatic N) is 1. The van der Waals surface area contributed by atoms with Crippen molar-refractivity contribution in [1.82, 2.24) is 15.5 Å². The lowest BCUT2D eigenvalue weighted by Gasteiger charge is -2.26. The van der Waals surface area contributed by atoms with Crippen molar-refractivity contribution >= 4 is 11.8 Å². The highest BCUT2D eigenvalue weighted by Crippen LogP contribution is 2.13. The fraction of sp³-hybridized carbons (Fsp3) is 0.417. The molecule has 0 aromatic heterocycles. The van der Waals surface area contributed by atoms with Crippen molar-refractivity contribution in [3.8, 4) is 0 Å². The summed E-state index contributed by atoms with van der Waals surface area (Å²) in [7, 11) is 0. The summed E-state index contributed by atoms with van der Waals surface area (Å²) >= 11 is 0. The van der Waals surface area contributed by atoms with Gasteiger partial charge in [0.2, 0.25) is 5.91 Å². The van der Waals surface area contributed by atoms with Gasteiger partial charge in [-0.2, -0.15) is 0 Å². The van der Waals surface area contributed by atoms with Gasteiger partial charge in [0.05, 0.1) is 6.54 Å². The average Bonchev–Trinajstić information content (AvgIpc) is 2.74. The Hall–Kier alpha value is -2.66. The second kappa shape index (κ2) is 10.2. The van der Waals surface area contributed by atoms with Crippen molar-refractivity contribution in [1.29, 1.82) is 0 Å². The molecule has 3 rings (SSSR count). The second-order valence-electron chi connectivity index (χ2n) is 7.91. The van der Waals surface area contributed by atoms with Crippen molar-refractivity contribution in [2.45, 2.75) is 46.2 Å². The van der Waals surface area contributed by atoms with Crippen molar-refractivity contribution in [2.24, 2.45) is 0 Å². The Labute approximate surface area is 173 Å². The number of amides is 2. The molecular formula is C24H31N3O2. The molecule has 0 saturated carbocycles. The van der Waals surface area contributed by atoms with Crippen LogP contribution >= 0.6 is 0 Å². The maximum atomic E-state index is 12.2. The van der Waals surface area contributed by atoms with Gasteiger partial charge in [-0.05, 0) is 74.2 Å². The van der Waals surface area contributed by atoms with E-state index in [1.165, 1.54) is 37.9 Å². The molecule has 0 radical (unpaired) electrons. The molecular weight excluding hydrogens is 362 g/mol. The number of nitrogens with one attached hydrogen (secondary N) is 2. The van der Waals surface area contributed by atoms with E-state index in [9.17, 15) is 9.59 Å². The van der Waals surface area contributed by atoms with E-state index in [4.69, 9.17) is 0 Å². The molecule has 1 aliphatic heterocycles. The van der Waals surface area contributed by atoms with Crippen LogP contribution in [0.1, 0.15) is 51.9 Å². The molecule has 2 amide bonds. The van der Waals surface area contributed by atoms with E-state index in [1.54, 1.807) is 6.07 Å². The Bertz CT molecular complexity index is 840. The van der Waals surface area contributed by atoms with E-state index in [2.05, 4.69) is 39.8 Å². The topological polar surface area (TPSA) is 61.4 Å². The summed E-state index contributed by atoms with van der Waals surface area (Å²) in [5.74, 6) is -0.426. The van der Waals surface area contributed by atoms with E-state index in [-0.39, 0.29) is 18.4 Å². The van der Waals surface area contributed by atoms with Gasteiger partial charge in [0.1, 0.15) is 0 Å². The SMILES string of the molecule is Cc1ccc(C(=O)NCC(=O)NCc2ccc(CN3CCCCC3)cc2)cc1C. The normalized spacial score (nSPS) is 14.4. The number of rotatable bonds is 7. The molecule has 2 N–H and O–H groups in total. The monoisotopic (exact) mass is 393 g/mol. The quantitative estimate of drug-likeness (QED) is 0.758. The van der Waals surface area contributed by atoms with Crippen LogP contribution in [0.2, 0.25) is 0 Å². The summed E-state index contributed by atoms with van der Waals surface area (Å²) in [4.78, 5) is 26.8. The Morgan fingerprint density at radius 3 is 2.24 bits per heavy atom. The molecule has 0 aliphatic carbocycles. The highest BCUT2D eigenvalue weighted by molar-refractivity contribution is 5.96. The molecule has 0 bridgehead atoms. The Balaban J connectivity index is 1.40. The number of carbonyl (C=O) groups excluding carboxylic acids is 2. The van der Waals surface area contributed by atoms with Crippen LogP contribution in [0.3, 0.4) is 0 Å². The molecule has 0 unspecified atom stereocenters. The van der Waals surface area contributed by atoms with E-state index in [0.717, 1.165) is 23.2 Å². The number of aryl methyl sites for hydroxylation is 2. The molecule has 2 aromatic carbocycles. The maximum absolute atomic E-state index is 12.2. The van der Waals surface area contributed by atoms with Gasteiger partial charge in [-0.1, -0.05) is 36.8 Å². The van der Waals surface area contributed by atoms with Crippen LogP contribution in [0.4, 0.5) is 0 Å². The van der Waals surface area contributed by atoms with Crippen LogP contribution in [-0.4, -0.2) is 36.3 Å². The molecule has 5 nitrogen and oxygen atoms in total. The predicted molar refractivity (Wildman–Crippen MR) is 116 cm³/mol. The first-order valence-corrected chi connectivity index (χ1v) is 10.4. The fourth-order valence-corrected chi connectivity index (χ4v) is 3.55. The third-order valence-electron chi connectivity index (χ3n) is 5.55. The Kier molecular flexibility index (Phi) is 7.42. The van der Waals surface area contributed by atoms with Crippen LogP contribution in [0, 0.1) is 13.8 Å². The summed E-state index contributed by atoms with van der Waals surface area (Å²) in [6.45, 7) is 7.77. The highest BCUT2D eigenvalue weighted by atomic mass is 16.2. The molecule has 0 atom stereocenters. The minimum Gasteiger partial charge on any atom is -0.350 e. The molecule has 1 aliphatic rings. The third-order valence-corrected chi connectivity index (χ3v) is 5.55. The van der Waals surface area contributed by atoms with Crippen molar-refractivity contribution in [3.63, 3.8) is 0 Å². The minimum absolute atomic E-state index is 0.0290. The van der Waals surface area contributed by atoms with E-state index in [1.807, 2.05) is 26.0 Å². The first-order valence-electron chi connectivity index (χ1n) is 10.4. The number of likely N-dealkylation sites (tertiary alicyclic amines) is 1. The first kappa shape index (κ1) is 21.1. The zero-order valence-electron chi connectivity index (χ0n) is 17.5. The van der Waals surface area contributed by atoms with E-state index in [0.29, 0.717) is 12.1 Å². The van der Waals surface area contributed by atoms with Gasteiger partial charge in [0, 0.05) is 18.7 Å². The molecule has 1 heterocycles. The van der Waals surface area contributed by atoms with E-state index < -0.39 is 0 Å². The van der Waals surface area contributed by atoms with Crippen molar-refractivity contribution in [2.75, 3.05) is 19.6 Å². The van der Waals surface area contributed by atoms with Gasteiger partial charge in [0.15, 0.2) is 0 Å². The van der Waals surface area contributed by atoms with Crippen molar-refractivity contribution < 1.29 is 9.59 Å². The zero-order valence-corrected chi connectivity index (χ0v) is 17.5. The van der Waals surface area contributed by atoms with Gasteiger partial charge >= 0.3 is 0 Å². The summed E-state index contributed by atoms with van der Waals surface area (Å²) in [5.41, 5.74) is 5.14. The smallest absolute Gasteiger partial charge is 0.251 e. The van der Waals surface area contributed by atoms with Crippen LogP contribution < -0.4 is 10.6 Å². The molecule has 29 heavy (non-hydrogen) atoms. The van der Waals surface area contributed by atoms with Gasteiger partial charge in [-0.25, -0.2) is 0 Å². The molecule has 154 valence electrons. The predicted octanol–water partition coefficient (Wildman–Crippen LogP) is 3.34. The number of benzene rings is 2. The molecule has 0 spiro atoms. The van der Waals surface area contributed by atoms with Crippen LogP contribution in [0.25, 0.3) is 0 Å². The number of hydrogen-bond acceptors (Lipinski definition) is 3. The number of carbonyl (C=O) groups is 2. The Morgan fingerprint density at radius 1 is 0.862 bits per heavy atom. The lowest BCUT2D eigenvalue weighted by atomic mass is 10.1. The highest BCUT2D eigenvalue weighted by Gasteiger charge is 2.11. The lowest BCUT2D eigenvalue weighted by molar-refractivity contribution is -0.120. The largest absolute Gasteiger partial charge is 0.350 e. The summed E-state index contributed by atoms with van der Waals surface area (Å²) < 4.78 is 0. The summed E-state index contributed by atoms with van der Waals surface area (Å²) in [6, 6.07) is 13.9. The van der Waals surface area contributed by atoms with Gasteiger partial charge in [-0.15, -0.1) is 0 Å². The third kappa shape index (κ3) is 6.43. The Morgan fingerprint density at radius 2 is 1.55 bits per heavy atom. The lowest BCUT2D eigenvalue weighted by Crippen LogP contribution is -2.36. The first-order chi connectivity index (χ1) is 14.0. The maximum Gasteiger partial charge on any atom is 0.251 e. The van der Waals surface area contributed by atoms with Crippen LogP contribution in [0.5, 0.6) is 0 Å². The van der Waals surface area contributed by atoms with Gasteiger partial charge < -0.3 is 10.6 Å². The number of piperidine rings is 1. The van der Waals surface area contributed by atoms with E-state index >= 15 is 0 Å². The summed E-state index contributed by atoms with van der Waals surface area (Å²) in [5, 5.41) is 5.54. The molecule has 1 fully saturated rings. The van der Waals surface area contributed by atoms with Crippen molar-refractivity contribution in [3.05, 3.63) is 70.3 Å². The molecule has 1 saturated heterocycles. The van der Waals surface area contributed by atoms with Gasteiger partial charge in [0.25, 0.3) is 5.91 Å². The second-order valence-corrected chi connectivity index (χ2v) is 7.91. The molecule has 2 aromatic rings. The fourth-order valence-electron chi connectivity index (χ4n) is 3.55. The number of hydrogen-bond donors (Lipinski definition) is 2. The van der Waals surface area contributed by atoms with Crippen LogP contribution in [0.15, 0.2) is 42.5 Å². The minimum atomic E-state index is -0.231.